The fourth-order valence-corrected chi connectivity index (χ4v) is 6.34. The highest BCUT2D eigenvalue weighted by atomic mass is 35.5. The molecule has 6 rings (SSSR count). The molecule has 180 valence electrons. The Morgan fingerprint density at radius 3 is 2.35 bits per heavy atom. The van der Waals surface area contributed by atoms with Gasteiger partial charge in [-0.1, -0.05) is 17.7 Å². The van der Waals surface area contributed by atoms with Crippen LogP contribution in [0.3, 0.4) is 0 Å². The van der Waals surface area contributed by atoms with Crippen LogP contribution in [0, 0.1) is 23.7 Å². The molecule has 0 aliphatic carbocycles. The van der Waals surface area contributed by atoms with Gasteiger partial charge >= 0.3 is 12.0 Å². The number of hydrogen-bond donors (Lipinski definition) is 1. The number of carboxylic acid groups (broad SMARTS) is 1. The molecular formula is C24H28ClN5O4. The number of rotatable bonds is 4. The third kappa shape index (κ3) is 3.95. The van der Waals surface area contributed by atoms with E-state index >= 15 is 0 Å². The summed E-state index contributed by atoms with van der Waals surface area (Å²) in [6.07, 6.45) is 1.42. The third-order valence-electron chi connectivity index (χ3n) is 7.83. The van der Waals surface area contributed by atoms with Gasteiger partial charge in [0.25, 0.3) is 0 Å². The van der Waals surface area contributed by atoms with Gasteiger partial charge < -0.3 is 19.6 Å². The molecule has 0 bridgehead atoms. The van der Waals surface area contributed by atoms with E-state index in [1.807, 2.05) is 6.07 Å². The first-order valence-electron chi connectivity index (χ1n) is 11.9. The predicted octanol–water partition coefficient (Wildman–Crippen LogP) is 2.35. The number of amides is 1. The normalized spacial score (nSPS) is 28.5. The number of halogens is 1. The first kappa shape index (κ1) is 21.9. The van der Waals surface area contributed by atoms with Crippen molar-refractivity contribution in [1.29, 1.82) is 0 Å². The number of carbonyl (C=O) groups is 2. The summed E-state index contributed by atoms with van der Waals surface area (Å²) in [5, 5.41) is 13.7. The van der Waals surface area contributed by atoms with Gasteiger partial charge in [0.05, 0.1) is 23.9 Å². The molecule has 9 nitrogen and oxygen atoms in total. The van der Waals surface area contributed by atoms with E-state index in [2.05, 4.69) is 27.0 Å². The second-order valence-electron chi connectivity index (χ2n) is 10.1. The van der Waals surface area contributed by atoms with Gasteiger partial charge in [-0.2, -0.15) is 9.78 Å². The molecule has 1 N–H and O–H groups in total. The van der Waals surface area contributed by atoms with Crippen LogP contribution < -0.4 is 4.90 Å². The van der Waals surface area contributed by atoms with Crippen molar-refractivity contribution in [3.8, 4) is 0 Å². The number of anilines is 1. The van der Waals surface area contributed by atoms with Crippen molar-refractivity contribution in [3.63, 3.8) is 0 Å². The van der Waals surface area contributed by atoms with Crippen LogP contribution in [0.5, 0.6) is 0 Å². The van der Waals surface area contributed by atoms with Crippen molar-refractivity contribution in [2.75, 3.05) is 57.4 Å². The van der Waals surface area contributed by atoms with Gasteiger partial charge in [0.2, 0.25) is 0 Å². The van der Waals surface area contributed by atoms with E-state index in [1.165, 1.54) is 17.8 Å². The Morgan fingerprint density at radius 2 is 1.71 bits per heavy atom. The molecule has 34 heavy (non-hydrogen) atoms. The summed E-state index contributed by atoms with van der Waals surface area (Å²) in [5.74, 6) is 0.931. The zero-order valence-electron chi connectivity index (χ0n) is 18.8. The van der Waals surface area contributed by atoms with Gasteiger partial charge in [0, 0.05) is 63.8 Å². The summed E-state index contributed by atoms with van der Waals surface area (Å²) >= 11 is 6.58. The number of hydrogen-bond acceptors (Lipinski definition) is 6. The third-order valence-corrected chi connectivity index (χ3v) is 8.15. The summed E-state index contributed by atoms with van der Waals surface area (Å²) in [4.78, 5) is 30.5. The number of nitrogens with zero attached hydrogens (tertiary/aromatic N) is 5. The minimum Gasteiger partial charge on any atom is -0.476 e. The zero-order chi connectivity index (χ0) is 23.4. The average Bonchev–Trinajstić information content (AvgIpc) is 3.59. The van der Waals surface area contributed by atoms with E-state index in [0.717, 1.165) is 61.3 Å². The molecule has 0 radical (unpaired) electrons. The number of ether oxygens (including phenoxy) is 1. The quantitative estimate of drug-likeness (QED) is 0.710. The smallest absolute Gasteiger partial charge is 0.356 e. The SMILES string of the molecule is O=C(O)c1ccn(C(=O)N2CC3CN(Cc4ccc(Cl)c(N5CC6COCC6C5)c4)CC3C2)n1. The van der Waals surface area contributed by atoms with Crippen molar-refractivity contribution in [2.45, 2.75) is 6.54 Å². The molecule has 0 saturated carbocycles. The molecule has 4 aliphatic heterocycles. The van der Waals surface area contributed by atoms with E-state index in [1.54, 1.807) is 4.90 Å². The van der Waals surface area contributed by atoms with Crippen LogP contribution in [0.15, 0.2) is 30.5 Å². The van der Waals surface area contributed by atoms with Crippen molar-refractivity contribution in [3.05, 3.63) is 46.7 Å². The van der Waals surface area contributed by atoms with Crippen LogP contribution in [0.2, 0.25) is 5.02 Å². The van der Waals surface area contributed by atoms with Crippen molar-refractivity contribution in [2.24, 2.45) is 23.7 Å². The van der Waals surface area contributed by atoms with E-state index in [4.69, 9.17) is 21.4 Å². The minimum absolute atomic E-state index is 0.119. The zero-order valence-corrected chi connectivity index (χ0v) is 19.6. The van der Waals surface area contributed by atoms with E-state index in [0.29, 0.717) is 36.8 Å². The van der Waals surface area contributed by atoms with E-state index in [-0.39, 0.29) is 11.7 Å². The number of likely N-dealkylation sites (tertiary alicyclic amines) is 2. The van der Waals surface area contributed by atoms with E-state index in [9.17, 15) is 9.59 Å². The molecule has 4 unspecified atom stereocenters. The second-order valence-corrected chi connectivity index (χ2v) is 10.5. The Kier molecular flexibility index (Phi) is 5.50. The number of fused-ring (bicyclic) bond motifs is 2. The lowest BCUT2D eigenvalue weighted by atomic mass is 10.0. The molecule has 0 spiro atoms. The summed E-state index contributed by atoms with van der Waals surface area (Å²) in [6.45, 7) is 7.83. The summed E-state index contributed by atoms with van der Waals surface area (Å²) in [6, 6.07) is 7.47. The number of benzene rings is 1. The van der Waals surface area contributed by atoms with Crippen molar-refractivity contribution >= 4 is 29.3 Å². The van der Waals surface area contributed by atoms with Crippen LogP contribution >= 0.6 is 11.6 Å². The molecule has 2 aromatic rings. The maximum atomic E-state index is 12.7. The maximum absolute atomic E-state index is 12.7. The molecule has 5 heterocycles. The first-order chi connectivity index (χ1) is 16.4. The van der Waals surface area contributed by atoms with Crippen LogP contribution in [0.4, 0.5) is 10.5 Å². The molecule has 1 aromatic carbocycles. The highest BCUT2D eigenvalue weighted by Crippen LogP contribution is 2.37. The standard InChI is InChI=1S/C24H28ClN5O4/c25-20-2-1-15(5-22(20)28-11-18-13-34-14-19(18)12-28)6-27-7-16-9-29(10-17(16)8-27)24(33)30-4-3-21(26-30)23(31)32/h1-5,16-19H,6-14H2,(H,31,32). The van der Waals surface area contributed by atoms with Gasteiger partial charge in [-0.15, -0.1) is 0 Å². The maximum Gasteiger partial charge on any atom is 0.356 e. The Balaban J connectivity index is 1.06. The molecule has 1 aromatic heterocycles. The highest BCUT2D eigenvalue weighted by molar-refractivity contribution is 6.33. The molecule has 4 fully saturated rings. The topological polar surface area (TPSA) is 91.1 Å². The van der Waals surface area contributed by atoms with Gasteiger partial charge in [0.1, 0.15) is 0 Å². The monoisotopic (exact) mass is 485 g/mol. The Hall–Kier alpha value is -2.62. The molecule has 10 heteroatoms. The molecule has 4 aliphatic rings. The molecule has 4 saturated heterocycles. The summed E-state index contributed by atoms with van der Waals surface area (Å²) < 4.78 is 6.75. The number of carboxylic acids is 1. The Morgan fingerprint density at radius 1 is 1.00 bits per heavy atom. The molecule has 1 amide bonds. The van der Waals surface area contributed by atoms with Gasteiger partial charge in [-0.3, -0.25) is 4.90 Å². The van der Waals surface area contributed by atoms with Crippen LogP contribution in [-0.2, 0) is 11.3 Å². The number of aromatic nitrogens is 2. The lowest BCUT2D eigenvalue weighted by Crippen LogP contribution is -2.36. The second kappa shape index (κ2) is 8.55. The van der Waals surface area contributed by atoms with Crippen molar-refractivity contribution in [1.82, 2.24) is 19.6 Å². The summed E-state index contributed by atoms with van der Waals surface area (Å²) in [5.41, 5.74) is 2.27. The lowest BCUT2D eigenvalue weighted by molar-refractivity contribution is 0.0690. The van der Waals surface area contributed by atoms with Gasteiger partial charge in [-0.05, 0) is 35.6 Å². The van der Waals surface area contributed by atoms with Crippen LogP contribution in [-0.4, -0.2) is 89.2 Å². The average molecular weight is 486 g/mol. The Bertz CT molecular complexity index is 1100. The largest absolute Gasteiger partial charge is 0.476 e. The van der Waals surface area contributed by atoms with Gasteiger partial charge in [-0.25, -0.2) is 9.59 Å². The minimum atomic E-state index is -1.13. The van der Waals surface area contributed by atoms with Crippen LogP contribution in [0.25, 0.3) is 0 Å². The fourth-order valence-electron chi connectivity index (χ4n) is 6.11. The summed E-state index contributed by atoms with van der Waals surface area (Å²) in [7, 11) is 0. The Labute approximate surface area is 202 Å². The number of aromatic carboxylic acids is 1. The fraction of sp³-hybridized carbons (Fsp3) is 0.542. The predicted molar refractivity (Wildman–Crippen MR) is 125 cm³/mol. The molecule has 4 atom stereocenters. The van der Waals surface area contributed by atoms with Crippen LogP contribution in [0.1, 0.15) is 16.1 Å². The van der Waals surface area contributed by atoms with Crippen molar-refractivity contribution < 1.29 is 19.4 Å². The highest BCUT2D eigenvalue weighted by Gasteiger charge is 2.42. The first-order valence-corrected chi connectivity index (χ1v) is 12.2. The van der Waals surface area contributed by atoms with E-state index < -0.39 is 5.97 Å². The number of carbonyl (C=O) groups excluding carboxylic acids is 1. The van der Waals surface area contributed by atoms with Gasteiger partial charge in [0.15, 0.2) is 5.69 Å². The lowest BCUT2D eigenvalue weighted by Gasteiger charge is -2.24. The molecular weight excluding hydrogens is 458 g/mol.